The Labute approximate surface area is 109 Å². The summed E-state index contributed by atoms with van der Waals surface area (Å²) in [5.74, 6) is 0.294. The van der Waals surface area contributed by atoms with Crippen molar-refractivity contribution in [1.82, 2.24) is 0 Å². The summed E-state index contributed by atoms with van der Waals surface area (Å²) in [5, 5.41) is 22.1. The van der Waals surface area contributed by atoms with Crippen LogP contribution < -0.4 is 0 Å². The van der Waals surface area contributed by atoms with Crippen molar-refractivity contribution in [2.45, 2.75) is 52.4 Å². The summed E-state index contributed by atoms with van der Waals surface area (Å²) in [6.07, 6.45) is 1.43. The molecule has 0 aromatic heterocycles. The lowest BCUT2D eigenvalue weighted by Crippen LogP contribution is -2.24. The minimum Gasteiger partial charge on any atom is -0.508 e. The molecule has 0 spiro atoms. The third-order valence-electron chi connectivity index (χ3n) is 2.91. The van der Waals surface area contributed by atoms with Gasteiger partial charge in [-0.3, -0.25) is 0 Å². The maximum atomic E-state index is 10.2. The summed E-state index contributed by atoms with van der Waals surface area (Å²) in [7, 11) is 0. The fourth-order valence-corrected chi connectivity index (χ4v) is 2.34. The van der Waals surface area contributed by atoms with Crippen molar-refractivity contribution in [1.29, 1.82) is 0 Å². The molecule has 1 aromatic rings. The van der Waals surface area contributed by atoms with Crippen LogP contribution in [0.4, 0.5) is 0 Å². The Morgan fingerprint density at radius 1 is 0.944 bits per heavy atom. The van der Waals surface area contributed by atoms with Crippen molar-refractivity contribution in [2.24, 2.45) is 5.16 Å². The van der Waals surface area contributed by atoms with Gasteiger partial charge in [-0.25, -0.2) is 0 Å². The first-order valence-electron chi connectivity index (χ1n) is 6.13. The Morgan fingerprint density at radius 2 is 1.44 bits per heavy atom. The van der Waals surface area contributed by atoms with E-state index in [1.165, 1.54) is 6.21 Å². The fraction of sp³-hybridized carbons (Fsp3) is 0.533. The van der Waals surface area contributed by atoms with Crippen LogP contribution in [-0.2, 0) is 10.8 Å². The summed E-state index contributed by atoms with van der Waals surface area (Å²) < 4.78 is 0. The predicted octanol–water partition coefficient (Wildman–Crippen LogP) is 3.80. The molecule has 0 fully saturated rings. The number of aromatic hydroxyl groups is 1. The number of hydrogen-bond donors (Lipinski definition) is 2. The van der Waals surface area contributed by atoms with Crippen molar-refractivity contribution in [2.75, 3.05) is 0 Å². The van der Waals surface area contributed by atoms with E-state index in [1.54, 1.807) is 12.1 Å². The van der Waals surface area contributed by atoms with Gasteiger partial charge in [-0.2, -0.15) is 0 Å². The lowest BCUT2D eigenvalue weighted by Gasteiger charge is -2.32. The molecule has 0 amide bonds. The van der Waals surface area contributed by atoms with E-state index in [4.69, 9.17) is 5.21 Å². The molecule has 0 aliphatic carbocycles. The highest BCUT2D eigenvalue weighted by atomic mass is 16.4. The predicted molar refractivity (Wildman–Crippen MR) is 74.9 cm³/mol. The normalized spacial score (nSPS) is 13.2. The number of phenolic OH excluding ortho intramolecular Hbond substituents is 1. The molecule has 3 nitrogen and oxygen atoms in total. The van der Waals surface area contributed by atoms with Crippen molar-refractivity contribution in [3.05, 3.63) is 28.8 Å². The number of oxime groups is 1. The maximum Gasteiger partial charge on any atom is 0.119 e. The fourth-order valence-electron chi connectivity index (χ4n) is 2.34. The second-order valence-electron chi connectivity index (χ2n) is 6.67. The van der Waals surface area contributed by atoms with Gasteiger partial charge in [-0.15, -0.1) is 0 Å². The number of nitrogens with zero attached hydrogens (tertiary/aromatic N) is 1. The number of hydrogen-bond acceptors (Lipinski definition) is 3. The molecule has 0 aliphatic heterocycles. The summed E-state index contributed by atoms with van der Waals surface area (Å²) in [6.45, 7) is 12.5. The van der Waals surface area contributed by atoms with E-state index in [0.29, 0.717) is 5.75 Å². The van der Waals surface area contributed by atoms with Crippen LogP contribution in [0.15, 0.2) is 17.3 Å². The van der Waals surface area contributed by atoms with Crippen LogP contribution >= 0.6 is 0 Å². The van der Waals surface area contributed by atoms with Crippen molar-refractivity contribution >= 4 is 6.21 Å². The minimum absolute atomic E-state index is 0.141. The Kier molecular flexibility index (Phi) is 3.75. The molecule has 0 saturated heterocycles. The molecule has 100 valence electrons. The van der Waals surface area contributed by atoms with Gasteiger partial charge in [0.05, 0.1) is 6.21 Å². The molecule has 3 heteroatoms. The van der Waals surface area contributed by atoms with E-state index in [-0.39, 0.29) is 10.8 Å². The Bertz CT molecular complexity index is 463. The SMILES string of the molecule is CC(C)(C)c1c(O)ccc(C=NO)c1C(C)(C)C. The highest BCUT2D eigenvalue weighted by Crippen LogP contribution is 2.40. The van der Waals surface area contributed by atoms with Gasteiger partial charge in [0.25, 0.3) is 0 Å². The molecule has 18 heavy (non-hydrogen) atoms. The van der Waals surface area contributed by atoms with Crippen LogP contribution in [0.25, 0.3) is 0 Å². The van der Waals surface area contributed by atoms with E-state index in [0.717, 1.165) is 16.7 Å². The van der Waals surface area contributed by atoms with Gasteiger partial charge in [0.15, 0.2) is 0 Å². The summed E-state index contributed by atoms with van der Waals surface area (Å²) in [4.78, 5) is 0. The lowest BCUT2D eigenvalue weighted by atomic mass is 9.73. The summed E-state index contributed by atoms with van der Waals surface area (Å²) in [6, 6.07) is 3.44. The highest BCUT2D eigenvalue weighted by molar-refractivity contribution is 5.83. The molecule has 0 saturated carbocycles. The molecule has 0 atom stereocenters. The average molecular weight is 249 g/mol. The molecule has 2 N–H and O–H groups in total. The van der Waals surface area contributed by atoms with Gasteiger partial charge < -0.3 is 10.3 Å². The van der Waals surface area contributed by atoms with Crippen molar-refractivity contribution < 1.29 is 10.3 Å². The smallest absolute Gasteiger partial charge is 0.119 e. The third-order valence-corrected chi connectivity index (χ3v) is 2.91. The average Bonchev–Trinajstić information content (AvgIpc) is 2.17. The molecular weight excluding hydrogens is 226 g/mol. The number of phenols is 1. The van der Waals surface area contributed by atoms with E-state index in [2.05, 4.69) is 46.7 Å². The van der Waals surface area contributed by atoms with Gasteiger partial charge in [-0.05, 0) is 28.5 Å². The van der Waals surface area contributed by atoms with Crippen LogP contribution in [0, 0.1) is 0 Å². The summed E-state index contributed by atoms with van der Waals surface area (Å²) >= 11 is 0. The van der Waals surface area contributed by atoms with E-state index in [1.807, 2.05) is 0 Å². The largest absolute Gasteiger partial charge is 0.508 e. The van der Waals surface area contributed by atoms with Gasteiger partial charge >= 0.3 is 0 Å². The van der Waals surface area contributed by atoms with Crippen molar-refractivity contribution in [3.63, 3.8) is 0 Å². The van der Waals surface area contributed by atoms with Crippen LogP contribution in [0.2, 0.25) is 0 Å². The van der Waals surface area contributed by atoms with Crippen molar-refractivity contribution in [3.8, 4) is 5.75 Å². The lowest BCUT2D eigenvalue weighted by molar-refractivity contribution is 0.321. The number of rotatable bonds is 1. The van der Waals surface area contributed by atoms with E-state index >= 15 is 0 Å². The molecule has 1 aromatic carbocycles. The molecule has 0 radical (unpaired) electrons. The first-order valence-corrected chi connectivity index (χ1v) is 6.13. The van der Waals surface area contributed by atoms with Crippen LogP contribution in [-0.4, -0.2) is 16.5 Å². The second kappa shape index (κ2) is 4.63. The molecule has 0 heterocycles. The van der Waals surface area contributed by atoms with Gasteiger partial charge in [0, 0.05) is 11.1 Å². The first-order chi connectivity index (χ1) is 8.09. The molecular formula is C15H23NO2. The molecule has 0 unspecified atom stereocenters. The second-order valence-corrected chi connectivity index (χ2v) is 6.67. The van der Waals surface area contributed by atoms with Crippen LogP contribution in [0.1, 0.15) is 58.2 Å². The highest BCUT2D eigenvalue weighted by Gasteiger charge is 2.30. The Morgan fingerprint density at radius 3 is 1.83 bits per heavy atom. The molecule has 0 aliphatic rings. The minimum atomic E-state index is -0.175. The Balaban J connectivity index is 3.73. The Hall–Kier alpha value is -1.51. The number of benzene rings is 1. The quantitative estimate of drug-likeness (QED) is 0.452. The van der Waals surface area contributed by atoms with Gasteiger partial charge in [-0.1, -0.05) is 46.7 Å². The van der Waals surface area contributed by atoms with E-state index in [9.17, 15) is 5.11 Å². The monoisotopic (exact) mass is 249 g/mol. The topological polar surface area (TPSA) is 52.8 Å². The zero-order chi connectivity index (χ0) is 14.1. The third kappa shape index (κ3) is 2.84. The first kappa shape index (κ1) is 14.6. The maximum absolute atomic E-state index is 10.2. The van der Waals surface area contributed by atoms with E-state index < -0.39 is 0 Å². The van der Waals surface area contributed by atoms with Crippen LogP contribution in [0.3, 0.4) is 0 Å². The zero-order valence-electron chi connectivity index (χ0n) is 12.1. The van der Waals surface area contributed by atoms with Crippen LogP contribution in [0.5, 0.6) is 5.75 Å². The summed E-state index contributed by atoms with van der Waals surface area (Å²) in [5.41, 5.74) is 2.46. The zero-order valence-corrected chi connectivity index (χ0v) is 12.1. The molecule has 0 bridgehead atoms. The van der Waals surface area contributed by atoms with Gasteiger partial charge in [0.2, 0.25) is 0 Å². The standard InChI is InChI=1S/C15H23NO2/c1-14(2,3)12-10(9-16-18)7-8-11(17)13(12)15(4,5)6/h7-9,17-18H,1-6H3. The molecule has 1 rings (SSSR count). The van der Waals surface area contributed by atoms with Gasteiger partial charge in [0.1, 0.15) is 5.75 Å².